The summed E-state index contributed by atoms with van der Waals surface area (Å²) in [5.41, 5.74) is 23.4. The second-order valence-electron chi connectivity index (χ2n) is 19.9. The summed E-state index contributed by atoms with van der Waals surface area (Å²) >= 11 is 0. The van der Waals surface area contributed by atoms with Crippen LogP contribution < -0.4 is 13.7 Å². The lowest BCUT2D eigenvalue weighted by Gasteiger charge is -2.11. The van der Waals surface area contributed by atoms with Crippen LogP contribution in [0.15, 0.2) is 201 Å². The van der Waals surface area contributed by atoms with Crippen LogP contribution in [0.1, 0.15) is 78.8 Å². The molecule has 0 spiro atoms. The van der Waals surface area contributed by atoms with E-state index in [9.17, 15) is 0 Å². The molecule has 0 N–H and O–H groups in total. The molecule has 70 heavy (non-hydrogen) atoms. The quantitative estimate of drug-likeness (QED) is 0.128. The second-order valence-corrected chi connectivity index (χ2v) is 19.9. The van der Waals surface area contributed by atoms with Crippen molar-refractivity contribution in [1.82, 2.24) is 0 Å². The zero-order valence-electron chi connectivity index (χ0n) is 43.1. The minimum Gasteiger partial charge on any atom is -0.201 e. The fourth-order valence-corrected chi connectivity index (χ4v) is 9.97. The van der Waals surface area contributed by atoms with E-state index in [4.69, 9.17) is 0 Å². The molecule has 0 radical (unpaired) electrons. The Balaban J connectivity index is 0.000000142. The van der Waals surface area contributed by atoms with Crippen molar-refractivity contribution in [3.05, 3.63) is 234 Å². The lowest BCUT2D eigenvalue weighted by atomic mass is 9.94. The van der Waals surface area contributed by atoms with Crippen molar-refractivity contribution in [3.8, 4) is 67.2 Å². The highest BCUT2D eigenvalue weighted by molar-refractivity contribution is 5.73. The van der Waals surface area contributed by atoms with Gasteiger partial charge in [0.15, 0.2) is 18.6 Å². The van der Waals surface area contributed by atoms with E-state index in [1.807, 2.05) is 0 Å². The molecule has 0 aliphatic heterocycles. The molecule has 3 nitrogen and oxygen atoms in total. The number of benzene rings is 6. The third-order valence-electron chi connectivity index (χ3n) is 14.1. The van der Waals surface area contributed by atoms with Gasteiger partial charge in [0.2, 0.25) is 17.1 Å². The number of pyridine rings is 3. The molecule has 1 aliphatic rings. The number of nitrogens with zero attached hydrogens (tertiary/aromatic N) is 3. The lowest BCUT2D eigenvalue weighted by Crippen LogP contribution is -2.30. The van der Waals surface area contributed by atoms with Gasteiger partial charge in [-0.25, -0.2) is 13.7 Å². The Labute approximate surface area is 419 Å². The molecule has 352 valence electrons. The topological polar surface area (TPSA) is 11.6 Å². The monoisotopic (exact) mass is 919 g/mol. The highest BCUT2D eigenvalue weighted by atomic mass is 14.9. The average Bonchev–Trinajstić information content (AvgIpc) is 3.92. The van der Waals surface area contributed by atoms with Crippen LogP contribution in [-0.4, -0.2) is 0 Å². The van der Waals surface area contributed by atoms with E-state index in [1.165, 1.54) is 126 Å². The number of aromatic nitrogens is 3. The van der Waals surface area contributed by atoms with Crippen molar-refractivity contribution in [3.63, 3.8) is 0 Å². The molecule has 3 aromatic heterocycles. The van der Waals surface area contributed by atoms with E-state index in [1.54, 1.807) is 0 Å². The molecule has 3 heterocycles. The molecular formula is C67H72N3+3. The van der Waals surface area contributed by atoms with E-state index < -0.39 is 0 Å². The van der Waals surface area contributed by atoms with Gasteiger partial charge in [-0.05, 0) is 138 Å². The summed E-state index contributed by atoms with van der Waals surface area (Å²) in [5.74, 6) is 1.48. The van der Waals surface area contributed by atoms with Gasteiger partial charge in [-0.2, -0.15) is 0 Å². The van der Waals surface area contributed by atoms with Gasteiger partial charge in [0.1, 0.15) is 21.1 Å². The molecule has 1 fully saturated rings. The molecule has 3 heteroatoms. The van der Waals surface area contributed by atoms with E-state index in [0.717, 1.165) is 12.3 Å². The smallest absolute Gasteiger partial charge is 0.201 e. The Bertz CT molecular complexity index is 3170. The number of hydrogen-bond donors (Lipinski definition) is 0. The molecule has 0 bridgehead atoms. The van der Waals surface area contributed by atoms with E-state index in [-0.39, 0.29) is 0 Å². The summed E-state index contributed by atoms with van der Waals surface area (Å²) < 4.78 is 6.58. The molecular weight excluding hydrogens is 847 g/mol. The van der Waals surface area contributed by atoms with Crippen LogP contribution in [0.5, 0.6) is 0 Å². The van der Waals surface area contributed by atoms with E-state index >= 15 is 0 Å². The summed E-state index contributed by atoms with van der Waals surface area (Å²) in [6.45, 7) is 13.2. The molecule has 0 atom stereocenters. The second kappa shape index (κ2) is 22.9. The predicted octanol–water partition coefficient (Wildman–Crippen LogP) is 15.6. The normalized spacial score (nSPS) is 12.3. The third-order valence-corrected chi connectivity index (χ3v) is 14.1. The molecule has 0 amide bonds. The first-order valence-corrected chi connectivity index (χ1v) is 25.4. The summed E-state index contributed by atoms with van der Waals surface area (Å²) in [4.78, 5) is 0. The Morgan fingerprint density at radius 2 is 0.786 bits per heavy atom. The standard InChI is InChI=1S/C24H26N.C23H26N.C20H20N/c1-18-7-3-6-10-23(18)24-17-22(15-16-25(24)2)21-13-11-20(12-14-21)19-8-4-5-9-19;1-17(2)15-19-9-11-20(12-10-19)21-13-14-24(4)23(16-21)22-8-6-5-7-18(22)3;1-15-7-6-9-17(13-15)18-11-12-21(3)20(14-18)19-10-5-4-8-16(19)2/h3,6-7,10-17,19H,4-5,8-9H2,1-2H3;5-14,16-17H,15H2,1-4H3;4-14H,1-3H3/q3*+1. The molecule has 1 aliphatic carbocycles. The first-order valence-electron chi connectivity index (χ1n) is 25.4. The molecule has 6 aromatic carbocycles. The molecule has 0 unspecified atom stereocenters. The van der Waals surface area contributed by atoms with Gasteiger partial charge >= 0.3 is 0 Å². The van der Waals surface area contributed by atoms with Crippen molar-refractivity contribution >= 4 is 0 Å². The van der Waals surface area contributed by atoms with Crippen LogP contribution in [0.4, 0.5) is 0 Å². The van der Waals surface area contributed by atoms with Crippen molar-refractivity contribution < 1.29 is 13.7 Å². The van der Waals surface area contributed by atoms with Gasteiger partial charge in [0, 0.05) is 53.1 Å². The van der Waals surface area contributed by atoms with Crippen LogP contribution in [0.2, 0.25) is 0 Å². The highest BCUT2D eigenvalue weighted by Gasteiger charge is 2.19. The van der Waals surface area contributed by atoms with Crippen LogP contribution in [0.3, 0.4) is 0 Å². The van der Waals surface area contributed by atoms with Crippen LogP contribution in [0.25, 0.3) is 67.2 Å². The Hall–Kier alpha value is -7.23. The first-order chi connectivity index (χ1) is 33.9. The fraction of sp³-hybridized carbons (Fsp3) is 0.239. The summed E-state index contributed by atoms with van der Waals surface area (Å²) in [6.07, 6.45) is 13.1. The Morgan fingerprint density at radius 3 is 1.19 bits per heavy atom. The zero-order chi connectivity index (χ0) is 49.1. The summed E-state index contributed by atoms with van der Waals surface area (Å²) in [6, 6.07) is 66.1. The Morgan fingerprint density at radius 1 is 0.400 bits per heavy atom. The Kier molecular flexibility index (Phi) is 16.1. The number of rotatable bonds is 9. The minimum absolute atomic E-state index is 0.694. The fourth-order valence-electron chi connectivity index (χ4n) is 9.97. The van der Waals surface area contributed by atoms with Crippen molar-refractivity contribution in [1.29, 1.82) is 0 Å². The van der Waals surface area contributed by atoms with Gasteiger partial charge in [-0.1, -0.05) is 160 Å². The maximum Gasteiger partial charge on any atom is 0.213 e. The van der Waals surface area contributed by atoms with Crippen LogP contribution in [0, 0.1) is 33.6 Å². The summed E-state index contributed by atoms with van der Waals surface area (Å²) in [7, 11) is 6.33. The highest BCUT2D eigenvalue weighted by Crippen LogP contribution is 2.35. The zero-order valence-corrected chi connectivity index (χ0v) is 43.1. The van der Waals surface area contributed by atoms with Gasteiger partial charge in [-0.15, -0.1) is 0 Å². The third kappa shape index (κ3) is 12.1. The maximum atomic E-state index is 2.34. The van der Waals surface area contributed by atoms with Gasteiger partial charge in [-0.3, -0.25) is 0 Å². The predicted molar refractivity (Wildman–Crippen MR) is 294 cm³/mol. The van der Waals surface area contributed by atoms with Crippen LogP contribution in [-0.2, 0) is 27.6 Å². The van der Waals surface area contributed by atoms with Gasteiger partial charge in [0.25, 0.3) is 0 Å². The molecule has 0 saturated heterocycles. The largest absolute Gasteiger partial charge is 0.213 e. The summed E-state index contributed by atoms with van der Waals surface area (Å²) in [5, 5.41) is 0. The first kappa shape index (κ1) is 49.2. The van der Waals surface area contributed by atoms with Crippen molar-refractivity contribution in [2.24, 2.45) is 27.1 Å². The maximum absolute atomic E-state index is 2.34. The molecule has 9 aromatic rings. The lowest BCUT2D eigenvalue weighted by molar-refractivity contribution is -0.660. The van der Waals surface area contributed by atoms with E-state index in [2.05, 4.69) is 277 Å². The van der Waals surface area contributed by atoms with Crippen molar-refractivity contribution in [2.75, 3.05) is 0 Å². The number of hydrogen-bond acceptors (Lipinski definition) is 0. The van der Waals surface area contributed by atoms with Crippen molar-refractivity contribution in [2.45, 2.75) is 79.6 Å². The minimum atomic E-state index is 0.694. The number of aryl methyl sites for hydroxylation is 7. The van der Waals surface area contributed by atoms with Crippen LogP contribution >= 0.6 is 0 Å². The molecule has 1 saturated carbocycles. The average molecular weight is 919 g/mol. The van der Waals surface area contributed by atoms with Gasteiger partial charge < -0.3 is 0 Å². The SMILES string of the molecule is Cc1cccc(-c2cc[n+](C)c(-c3ccccc3C)c2)c1.Cc1ccccc1-c1cc(-c2ccc(C3CCCC3)cc2)cc[n+]1C.Cc1ccccc1-c1cc(-c2ccc(CC(C)C)cc2)cc[n+]1C. The molecule has 10 rings (SSSR count). The van der Waals surface area contributed by atoms with Gasteiger partial charge in [0.05, 0.1) is 0 Å². The van der Waals surface area contributed by atoms with E-state index in [0.29, 0.717) is 5.92 Å².